The molecule has 0 spiro atoms. The average Bonchev–Trinajstić information content (AvgIpc) is 2.64. The van der Waals surface area contributed by atoms with Gasteiger partial charge in [0.15, 0.2) is 0 Å². The Morgan fingerprint density at radius 2 is 1.50 bits per heavy atom. The lowest BCUT2D eigenvalue weighted by Crippen LogP contribution is -2.05. The Hall–Kier alpha value is -3.61. The summed E-state index contributed by atoms with van der Waals surface area (Å²) in [5.41, 5.74) is 2.47. The van der Waals surface area contributed by atoms with E-state index in [1.165, 1.54) is 6.92 Å². The number of amides is 1. The maximum atomic E-state index is 11.1. The number of ether oxygens (including phenoxy) is 1. The van der Waals surface area contributed by atoms with Gasteiger partial charge >= 0.3 is 0 Å². The Morgan fingerprint density at radius 3 is 2.14 bits per heavy atom. The largest absolute Gasteiger partial charge is 0.491 e. The molecule has 0 bridgehead atoms. The lowest BCUT2D eigenvalue weighted by molar-refractivity contribution is -0.114. The average molecular weight is 377 g/mol. The van der Waals surface area contributed by atoms with Crippen molar-refractivity contribution in [3.05, 3.63) is 60.8 Å². The van der Waals surface area contributed by atoms with Crippen molar-refractivity contribution in [3.8, 4) is 5.75 Å². The first-order valence-corrected chi connectivity index (χ1v) is 8.99. The van der Waals surface area contributed by atoms with Crippen molar-refractivity contribution in [1.29, 1.82) is 0 Å². The molecule has 0 aliphatic heterocycles. The summed E-state index contributed by atoms with van der Waals surface area (Å²) in [4.78, 5) is 19.8. The summed E-state index contributed by atoms with van der Waals surface area (Å²) >= 11 is 0. The number of carbonyl (C=O) groups excluding carboxylic acids is 1. The van der Waals surface area contributed by atoms with Crippen molar-refractivity contribution in [3.63, 3.8) is 0 Å². The number of aromatic nitrogens is 2. The fraction of sp³-hybridized carbons (Fsp3) is 0.190. The molecule has 0 radical (unpaired) electrons. The quantitative estimate of drug-likeness (QED) is 0.553. The van der Waals surface area contributed by atoms with E-state index in [1.807, 2.05) is 62.4 Å². The molecule has 3 aromatic rings. The number of benzene rings is 2. The van der Waals surface area contributed by atoms with Crippen LogP contribution in [0.4, 0.5) is 28.8 Å². The van der Waals surface area contributed by atoms with Crippen molar-refractivity contribution in [2.24, 2.45) is 0 Å². The van der Waals surface area contributed by atoms with Gasteiger partial charge in [0.25, 0.3) is 0 Å². The van der Waals surface area contributed by atoms with Crippen molar-refractivity contribution < 1.29 is 9.53 Å². The molecule has 3 rings (SSSR count). The number of hydrogen-bond acceptors (Lipinski definition) is 6. The summed E-state index contributed by atoms with van der Waals surface area (Å²) < 4.78 is 5.64. The molecule has 7 heteroatoms. The predicted molar refractivity (Wildman–Crippen MR) is 112 cm³/mol. The zero-order chi connectivity index (χ0) is 19.9. The van der Waals surface area contributed by atoms with Crippen LogP contribution < -0.4 is 20.7 Å². The Balaban J connectivity index is 1.64. The van der Waals surface area contributed by atoms with Gasteiger partial charge in [0.05, 0.1) is 6.10 Å². The molecule has 3 N–H and O–H groups in total. The molecule has 1 aromatic heterocycles. The van der Waals surface area contributed by atoms with Gasteiger partial charge in [0, 0.05) is 30.2 Å². The molecule has 28 heavy (non-hydrogen) atoms. The topological polar surface area (TPSA) is 88.2 Å². The van der Waals surface area contributed by atoms with Gasteiger partial charge in [0.1, 0.15) is 11.6 Å². The highest BCUT2D eigenvalue weighted by atomic mass is 16.5. The van der Waals surface area contributed by atoms with Crippen LogP contribution in [0.5, 0.6) is 5.75 Å². The summed E-state index contributed by atoms with van der Waals surface area (Å²) in [5, 5.41) is 9.13. The highest BCUT2D eigenvalue weighted by Gasteiger charge is 2.03. The summed E-state index contributed by atoms with van der Waals surface area (Å²) in [6.45, 7) is 5.46. The third-order valence-corrected chi connectivity index (χ3v) is 3.62. The summed E-state index contributed by atoms with van der Waals surface area (Å²) in [6.07, 6.45) is 1.82. The second kappa shape index (κ2) is 8.85. The van der Waals surface area contributed by atoms with E-state index in [9.17, 15) is 4.79 Å². The zero-order valence-electron chi connectivity index (χ0n) is 16.1. The van der Waals surface area contributed by atoms with E-state index in [2.05, 4.69) is 25.9 Å². The fourth-order valence-corrected chi connectivity index (χ4v) is 2.49. The zero-order valence-corrected chi connectivity index (χ0v) is 16.1. The van der Waals surface area contributed by atoms with Crippen molar-refractivity contribution in [2.45, 2.75) is 26.9 Å². The lowest BCUT2D eigenvalue weighted by atomic mass is 10.2. The van der Waals surface area contributed by atoms with Crippen LogP contribution in [0.25, 0.3) is 0 Å². The molecule has 1 heterocycles. The maximum Gasteiger partial charge on any atom is 0.229 e. The molecule has 1 amide bonds. The second-order valence-corrected chi connectivity index (χ2v) is 6.47. The SMILES string of the molecule is CC(=O)Nc1ccc(Nc2ccnc(Nc3ccc(OC(C)C)cc3)n2)cc1. The van der Waals surface area contributed by atoms with Gasteiger partial charge in [-0.2, -0.15) is 4.98 Å². The van der Waals surface area contributed by atoms with Crippen molar-refractivity contribution in [2.75, 3.05) is 16.0 Å². The minimum Gasteiger partial charge on any atom is -0.491 e. The van der Waals surface area contributed by atoms with Gasteiger partial charge in [-0.3, -0.25) is 4.79 Å². The van der Waals surface area contributed by atoms with Gasteiger partial charge in [-0.05, 0) is 68.4 Å². The standard InChI is InChI=1S/C21H23N5O2/c1-14(2)28-19-10-8-18(9-11-19)25-21-22-13-12-20(26-21)24-17-6-4-16(5-7-17)23-15(3)27/h4-14H,1-3H3,(H,23,27)(H2,22,24,25,26). The van der Waals surface area contributed by atoms with E-state index < -0.39 is 0 Å². The summed E-state index contributed by atoms with van der Waals surface area (Å²) in [5.74, 6) is 1.86. The van der Waals surface area contributed by atoms with E-state index in [0.717, 1.165) is 22.8 Å². The fourth-order valence-electron chi connectivity index (χ4n) is 2.49. The highest BCUT2D eigenvalue weighted by Crippen LogP contribution is 2.21. The number of anilines is 5. The molecule has 0 atom stereocenters. The van der Waals surface area contributed by atoms with E-state index >= 15 is 0 Å². The minimum absolute atomic E-state index is 0.101. The van der Waals surface area contributed by atoms with Crippen LogP contribution in [0.2, 0.25) is 0 Å². The number of nitrogens with one attached hydrogen (secondary N) is 3. The Morgan fingerprint density at radius 1 is 0.893 bits per heavy atom. The first-order chi connectivity index (χ1) is 13.5. The second-order valence-electron chi connectivity index (χ2n) is 6.47. The smallest absolute Gasteiger partial charge is 0.229 e. The molecule has 2 aromatic carbocycles. The van der Waals surface area contributed by atoms with E-state index in [-0.39, 0.29) is 12.0 Å². The van der Waals surface area contributed by atoms with E-state index in [1.54, 1.807) is 12.3 Å². The molecule has 0 unspecified atom stereocenters. The highest BCUT2D eigenvalue weighted by molar-refractivity contribution is 5.88. The van der Waals surface area contributed by atoms with E-state index in [0.29, 0.717) is 11.8 Å². The van der Waals surface area contributed by atoms with Crippen LogP contribution in [0.15, 0.2) is 60.8 Å². The number of rotatable bonds is 7. The van der Waals surface area contributed by atoms with Gasteiger partial charge in [-0.25, -0.2) is 4.98 Å². The molecular weight excluding hydrogens is 354 g/mol. The normalized spacial score (nSPS) is 10.4. The monoisotopic (exact) mass is 377 g/mol. The van der Waals surface area contributed by atoms with Gasteiger partial charge in [-0.1, -0.05) is 0 Å². The maximum absolute atomic E-state index is 11.1. The molecule has 7 nitrogen and oxygen atoms in total. The van der Waals surface area contributed by atoms with Gasteiger partial charge in [0.2, 0.25) is 11.9 Å². The lowest BCUT2D eigenvalue weighted by Gasteiger charge is -2.11. The van der Waals surface area contributed by atoms with Gasteiger partial charge in [-0.15, -0.1) is 0 Å². The van der Waals surface area contributed by atoms with Crippen LogP contribution >= 0.6 is 0 Å². The predicted octanol–water partition coefficient (Wildman–Crippen LogP) is 4.71. The number of carbonyl (C=O) groups is 1. The summed E-state index contributed by atoms with van der Waals surface area (Å²) in [7, 11) is 0. The molecule has 0 aliphatic carbocycles. The van der Waals surface area contributed by atoms with Crippen LogP contribution in [-0.2, 0) is 4.79 Å². The van der Waals surface area contributed by atoms with Crippen LogP contribution in [-0.4, -0.2) is 22.0 Å². The Kier molecular flexibility index (Phi) is 6.06. The third kappa shape index (κ3) is 5.70. The number of nitrogens with zero attached hydrogens (tertiary/aromatic N) is 2. The van der Waals surface area contributed by atoms with Crippen molar-refractivity contribution in [1.82, 2.24) is 9.97 Å². The first kappa shape index (κ1) is 19.2. The Labute approximate surface area is 164 Å². The molecule has 0 aliphatic rings. The Bertz CT molecular complexity index is 924. The summed E-state index contributed by atoms with van der Waals surface area (Å²) in [6, 6.07) is 16.8. The van der Waals surface area contributed by atoms with E-state index in [4.69, 9.17) is 4.74 Å². The minimum atomic E-state index is -0.101. The molecule has 0 saturated carbocycles. The molecular formula is C21H23N5O2. The first-order valence-electron chi connectivity index (χ1n) is 8.99. The van der Waals surface area contributed by atoms with Gasteiger partial charge < -0.3 is 20.7 Å². The molecule has 144 valence electrons. The molecule has 0 fully saturated rings. The van der Waals surface area contributed by atoms with Crippen LogP contribution in [0, 0.1) is 0 Å². The number of hydrogen-bond donors (Lipinski definition) is 3. The third-order valence-electron chi connectivity index (χ3n) is 3.62. The van der Waals surface area contributed by atoms with Crippen LogP contribution in [0.3, 0.4) is 0 Å². The van der Waals surface area contributed by atoms with Crippen molar-refractivity contribution >= 4 is 34.7 Å². The van der Waals surface area contributed by atoms with Crippen LogP contribution in [0.1, 0.15) is 20.8 Å². The molecule has 0 saturated heterocycles.